The topological polar surface area (TPSA) is 60.7 Å². The van der Waals surface area contributed by atoms with Crippen LogP contribution in [0.2, 0.25) is 0 Å². The molecule has 0 radical (unpaired) electrons. The number of hydrogen-bond donors (Lipinski definition) is 1. The molecule has 22 heavy (non-hydrogen) atoms. The van der Waals surface area contributed by atoms with Gasteiger partial charge in [-0.1, -0.05) is 0 Å². The summed E-state index contributed by atoms with van der Waals surface area (Å²) in [5.41, 5.74) is 1.34. The van der Waals surface area contributed by atoms with Gasteiger partial charge in [0, 0.05) is 11.1 Å². The number of benzene rings is 1. The van der Waals surface area contributed by atoms with Gasteiger partial charge in [0.2, 0.25) is 0 Å². The van der Waals surface area contributed by atoms with Crippen LogP contribution < -0.4 is 14.8 Å². The van der Waals surface area contributed by atoms with E-state index < -0.39 is 0 Å². The SMILES string of the molecule is COc1cc(C(=O)NC(C)c2ccc(C)o2)cc(OC)c1C. The van der Waals surface area contributed by atoms with Gasteiger partial charge in [-0.3, -0.25) is 4.79 Å². The molecule has 2 aromatic rings. The molecule has 0 saturated heterocycles. The fourth-order valence-corrected chi connectivity index (χ4v) is 2.25. The second-order valence-corrected chi connectivity index (χ2v) is 5.15. The molecule has 1 heterocycles. The number of methoxy groups -OCH3 is 2. The number of nitrogens with one attached hydrogen (secondary N) is 1. The predicted molar refractivity (Wildman–Crippen MR) is 83.6 cm³/mol. The molecule has 1 aromatic heterocycles. The number of amides is 1. The fraction of sp³-hybridized carbons (Fsp3) is 0.353. The quantitative estimate of drug-likeness (QED) is 0.919. The molecular weight excluding hydrogens is 282 g/mol. The summed E-state index contributed by atoms with van der Waals surface area (Å²) in [5.74, 6) is 2.56. The van der Waals surface area contributed by atoms with Crippen molar-refractivity contribution < 1.29 is 18.7 Å². The molecule has 2 rings (SSSR count). The van der Waals surface area contributed by atoms with Crippen molar-refractivity contribution in [3.8, 4) is 11.5 Å². The molecule has 1 aromatic carbocycles. The van der Waals surface area contributed by atoms with Crippen LogP contribution in [0.15, 0.2) is 28.7 Å². The minimum Gasteiger partial charge on any atom is -0.496 e. The monoisotopic (exact) mass is 303 g/mol. The first-order valence-corrected chi connectivity index (χ1v) is 7.06. The Kier molecular flexibility index (Phi) is 4.75. The average molecular weight is 303 g/mol. The van der Waals surface area contributed by atoms with Gasteiger partial charge < -0.3 is 19.2 Å². The van der Waals surface area contributed by atoms with Crippen LogP contribution in [0, 0.1) is 13.8 Å². The number of aryl methyl sites for hydroxylation is 1. The van der Waals surface area contributed by atoms with Crippen LogP contribution in [0.25, 0.3) is 0 Å². The van der Waals surface area contributed by atoms with Gasteiger partial charge in [-0.25, -0.2) is 0 Å². The van der Waals surface area contributed by atoms with E-state index in [0.29, 0.717) is 17.1 Å². The van der Waals surface area contributed by atoms with Crippen molar-refractivity contribution in [2.75, 3.05) is 14.2 Å². The summed E-state index contributed by atoms with van der Waals surface area (Å²) in [7, 11) is 3.13. The molecule has 0 aliphatic carbocycles. The van der Waals surface area contributed by atoms with Gasteiger partial charge >= 0.3 is 0 Å². The molecule has 1 atom stereocenters. The first kappa shape index (κ1) is 15.9. The van der Waals surface area contributed by atoms with Crippen LogP contribution in [-0.2, 0) is 0 Å². The average Bonchev–Trinajstić information content (AvgIpc) is 2.94. The van der Waals surface area contributed by atoms with E-state index in [-0.39, 0.29) is 11.9 Å². The van der Waals surface area contributed by atoms with Gasteiger partial charge in [-0.15, -0.1) is 0 Å². The maximum Gasteiger partial charge on any atom is 0.252 e. The summed E-state index contributed by atoms with van der Waals surface area (Å²) < 4.78 is 16.1. The first-order chi connectivity index (χ1) is 10.5. The Morgan fingerprint density at radius 2 is 1.73 bits per heavy atom. The molecule has 0 aliphatic heterocycles. The third-order valence-electron chi connectivity index (χ3n) is 3.55. The van der Waals surface area contributed by atoms with E-state index in [1.807, 2.05) is 32.9 Å². The van der Waals surface area contributed by atoms with E-state index in [1.54, 1.807) is 26.4 Å². The smallest absolute Gasteiger partial charge is 0.252 e. The van der Waals surface area contributed by atoms with Crippen LogP contribution in [-0.4, -0.2) is 20.1 Å². The van der Waals surface area contributed by atoms with E-state index in [9.17, 15) is 4.79 Å². The van der Waals surface area contributed by atoms with E-state index in [1.165, 1.54) is 0 Å². The van der Waals surface area contributed by atoms with Crippen molar-refractivity contribution in [1.29, 1.82) is 0 Å². The van der Waals surface area contributed by atoms with Gasteiger partial charge in [-0.2, -0.15) is 0 Å². The highest BCUT2D eigenvalue weighted by Crippen LogP contribution is 2.29. The van der Waals surface area contributed by atoms with Gasteiger partial charge in [-0.05, 0) is 45.0 Å². The minimum absolute atomic E-state index is 0.210. The Bertz CT molecular complexity index is 650. The highest BCUT2D eigenvalue weighted by molar-refractivity contribution is 5.95. The Labute approximate surface area is 130 Å². The van der Waals surface area contributed by atoms with Crippen LogP contribution in [0.5, 0.6) is 11.5 Å². The number of hydrogen-bond acceptors (Lipinski definition) is 4. The molecule has 0 fully saturated rings. The highest BCUT2D eigenvalue weighted by Gasteiger charge is 2.17. The lowest BCUT2D eigenvalue weighted by molar-refractivity contribution is 0.0934. The molecule has 118 valence electrons. The number of carbonyl (C=O) groups excluding carboxylic acids is 1. The Morgan fingerprint density at radius 3 is 2.18 bits per heavy atom. The minimum atomic E-state index is -0.223. The van der Waals surface area contributed by atoms with Gasteiger partial charge in [0.15, 0.2) is 0 Å². The largest absolute Gasteiger partial charge is 0.496 e. The molecule has 5 heteroatoms. The van der Waals surface area contributed by atoms with Crippen molar-refractivity contribution in [2.24, 2.45) is 0 Å². The van der Waals surface area contributed by atoms with E-state index in [0.717, 1.165) is 17.1 Å². The molecule has 1 amide bonds. The molecule has 0 bridgehead atoms. The Balaban J connectivity index is 2.22. The lowest BCUT2D eigenvalue weighted by Gasteiger charge is -2.15. The maximum absolute atomic E-state index is 12.4. The Hall–Kier alpha value is -2.43. The Morgan fingerprint density at radius 1 is 1.14 bits per heavy atom. The molecule has 1 unspecified atom stereocenters. The number of rotatable bonds is 5. The summed E-state index contributed by atoms with van der Waals surface area (Å²) in [5, 5.41) is 2.90. The summed E-state index contributed by atoms with van der Waals surface area (Å²) in [6.07, 6.45) is 0. The van der Waals surface area contributed by atoms with Crippen molar-refractivity contribution in [2.45, 2.75) is 26.8 Å². The lowest BCUT2D eigenvalue weighted by Crippen LogP contribution is -2.26. The predicted octanol–water partition coefficient (Wildman–Crippen LogP) is 3.40. The zero-order chi connectivity index (χ0) is 16.3. The van der Waals surface area contributed by atoms with E-state index in [4.69, 9.17) is 13.9 Å². The van der Waals surface area contributed by atoms with Crippen LogP contribution >= 0.6 is 0 Å². The summed E-state index contributed by atoms with van der Waals surface area (Å²) in [4.78, 5) is 12.4. The molecule has 0 spiro atoms. The zero-order valence-electron chi connectivity index (χ0n) is 13.5. The van der Waals surface area contributed by atoms with Crippen molar-refractivity contribution in [3.63, 3.8) is 0 Å². The summed E-state index contributed by atoms with van der Waals surface area (Å²) in [6.45, 7) is 5.63. The van der Waals surface area contributed by atoms with E-state index in [2.05, 4.69) is 5.32 Å². The number of ether oxygens (including phenoxy) is 2. The third kappa shape index (κ3) is 3.24. The molecule has 0 saturated carbocycles. The normalized spacial score (nSPS) is 11.9. The standard InChI is InChI=1S/C17H21NO4/c1-10-6-7-14(22-10)12(3)18-17(19)13-8-15(20-4)11(2)16(9-13)21-5/h6-9,12H,1-5H3,(H,18,19). The maximum atomic E-state index is 12.4. The van der Waals surface area contributed by atoms with Crippen molar-refractivity contribution >= 4 is 5.91 Å². The van der Waals surface area contributed by atoms with Crippen LogP contribution in [0.3, 0.4) is 0 Å². The lowest BCUT2D eigenvalue weighted by atomic mass is 10.1. The van der Waals surface area contributed by atoms with Gasteiger partial charge in [0.05, 0.1) is 20.3 Å². The number of furan rings is 1. The van der Waals surface area contributed by atoms with Crippen molar-refractivity contribution in [1.82, 2.24) is 5.32 Å². The fourth-order valence-electron chi connectivity index (χ4n) is 2.25. The van der Waals surface area contributed by atoms with Crippen LogP contribution in [0.4, 0.5) is 0 Å². The molecular formula is C17H21NO4. The molecule has 0 aliphatic rings. The van der Waals surface area contributed by atoms with Crippen LogP contribution in [0.1, 0.15) is 40.4 Å². The summed E-state index contributed by atoms with van der Waals surface area (Å²) >= 11 is 0. The second kappa shape index (κ2) is 6.56. The highest BCUT2D eigenvalue weighted by atomic mass is 16.5. The summed E-state index contributed by atoms with van der Waals surface area (Å²) in [6, 6.07) is 6.91. The van der Waals surface area contributed by atoms with E-state index >= 15 is 0 Å². The number of carbonyl (C=O) groups is 1. The zero-order valence-corrected chi connectivity index (χ0v) is 13.5. The first-order valence-electron chi connectivity index (χ1n) is 7.06. The molecule has 1 N–H and O–H groups in total. The molecule has 5 nitrogen and oxygen atoms in total. The van der Waals surface area contributed by atoms with Crippen molar-refractivity contribution in [3.05, 3.63) is 46.9 Å². The second-order valence-electron chi connectivity index (χ2n) is 5.15. The third-order valence-corrected chi connectivity index (χ3v) is 3.55. The van der Waals surface area contributed by atoms with Gasteiger partial charge in [0.1, 0.15) is 23.0 Å². The van der Waals surface area contributed by atoms with Gasteiger partial charge in [0.25, 0.3) is 5.91 Å².